The first-order chi connectivity index (χ1) is 8.75. The summed E-state index contributed by atoms with van der Waals surface area (Å²) >= 11 is 6.40. The summed E-state index contributed by atoms with van der Waals surface area (Å²) in [5, 5.41) is 10.9. The largest absolute Gasteiger partial charge is 0.508 e. The number of fused-ring (bicyclic) bond motifs is 1. The Bertz CT molecular complexity index is 710. The topological polar surface area (TPSA) is 33.1 Å². The van der Waals surface area contributed by atoms with E-state index < -0.39 is 0 Å². The number of hydrogen-bond acceptors (Lipinski definition) is 2. The van der Waals surface area contributed by atoms with Crippen LogP contribution in [-0.2, 0) is 0 Å². The number of pyridine rings is 1. The molecule has 3 aromatic rings. The van der Waals surface area contributed by atoms with Gasteiger partial charge in [0.15, 0.2) is 0 Å². The molecule has 2 nitrogen and oxygen atoms in total. The zero-order valence-corrected chi connectivity index (χ0v) is 10.2. The van der Waals surface area contributed by atoms with Crippen molar-refractivity contribution in [1.29, 1.82) is 0 Å². The highest BCUT2D eigenvalue weighted by Gasteiger charge is 2.08. The minimum Gasteiger partial charge on any atom is -0.508 e. The number of phenols is 1. The van der Waals surface area contributed by atoms with E-state index in [-0.39, 0.29) is 5.75 Å². The predicted molar refractivity (Wildman–Crippen MR) is 73.9 cm³/mol. The van der Waals surface area contributed by atoms with Gasteiger partial charge in [0.1, 0.15) is 5.75 Å². The molecule has 0 radical (unpaired) electrons. The molecule has 0 fully saturated rings. The quantitative estimate of drug-likeness (QED) is 0.705. The smallest absolute Gasteiger partial charge is 0.116 e. The normalized spacial score (nSPS) is 10.7. The average molecular weight is 256 g/mol. The lowest BCUT2D eigenvalue weighted by atomic mass is 10.1. The Morgan fingerprint density at radius 2 is 1.78 bits per heavy atom. The zero-order chi connectivity index (χ0) is 12.5. The van der Waals surface area contributed by atoms with E-state index in [4.69, 9.17) is 11.6 Å². The number of aromatic hydroxyl groups is 1. The summed E-state index contributed by atoms with van der Waals surface area (Å²) in [6.07, 6.45) is 1.76. The van der Waals surface area contributed by atoms with Crippen LogP contribution in [0, 0.1) is 0 Å². The van der Waals surface area contributed by atoms with Crippen LogP contribution in [-0.4, -0.2) is 10.1 Å². The molecular formula is C15H10ClNO. The Labute approximate surface area is 109 Å². The molecule has 0 aliphatic heterocycles. The third kappa shape index (κ3) is 1.81. The second kappa shape index (κ2) is 4.31. The van der Waals surface area contributed by atoms with E-state index in [0.717, 1.165) is 22.0 Å². The second-order valence-corrected chi connectivity index (χ2v) is 4.43. The first-order valence-corrected chi connectivity index (χ1v) is 5.96. The summed E-state index contributed by atoms with van der Waals surface area (Å²) in [5.74, 6) is 0.191. The molecule has 1 aromatic heterocycles. The SMILES string of the molecule is Oc1ccc2ncc(-c3ccccc3)c(Cl)c2c1. The monoisotopic (exact) mass is 255 g/mol. The van der Waals surface area contributed by atoms with Gasteiger partial charge in [-0.1, -0.05) is 41.9 Å². The van der Waals surface area contributed by atoms with Gasteiger partial charge in [0.25, 0.3) is 0 Å². The first-order valence-electron chi connectivity index (χ1n) is 5.58. The van der Waals surface area contributed by atoms with E-state index in [1.165, 1.54) is 0 Å². The minimum atomic E-state index is 0.191. The van der Waals surface area contributed by atoms with Crippen molar-refractivity contribution in [1.82, 2.24) is 4.98 Å². The molecule has 0 spiro atoms. The number of halogens is 1. The van der Waals surface area contributed by atoms with Gasteiger partial charge in [-0.05, 0) is 23.8 Å². The maximum Gasteiger partial charge on any atom is 0.116 e. The Hall–Kier alpha value is -2.06. The third-order valence-corrected chi connectivity index (χ3v) is 3.28. The van der Waals surface area contributed by atoms with Crippen molar-refractivity contribution in [2.45, 2.75) is 0 Å². The molecule has 1 N–H and O–H groups in total. The van der Waals surface area contributed by atoms with Crippen molar-refractivity contribution in [2.24, 2.45) is 0 Å². The molecule has 18 heavy (non-hydrogen) atoms. The van der Waals surface area contributed by atoms with Crippen molar-refractivity contribution >= 4 is 22.5 Å². The third-order valence-electron chi connectivity index (χ3n) is 2.87. The fraction of sp³-hybridized carbons (Fsp3) is 0. The van der Waals surface area contributed by atoms with Gasteiger partial charge in [-0.15, -0.1) is 0 Å². The van der Waals surface area contributed by atoms with Gasteiger partial charge in [-0.2, -0.15) is 0 Å². The standard InChI is InChI=1S/C15H10ClNO/c16-15-12-8-11(18)6-7-14(12)17-9-13(15)10-4-2-1-3-5-10/h1-9,18H. The van der Waals surface area contributed by atoms with Gasteiger partial charge in [-0.25, -0.2) is 0 Å². The maximum absolute atomic E-state index is 9.53. The number of rotatable bonds is 1. The second-order valence-electron chi connectivity index (χ2n) is 4.05. The van der Waals surface area contributed by atoms with Gasteiger partial charge >= 0.3 is 0 Å². The summed E-state index contributed by atoms with van der Waals surface area (Å²) in [6.45, 7) is 0. The van der Waals surface area contributed by atoms with Gasteiger partial charge in [0.05, 0.1) is 10.5 Å². The molecule has 0 atom stereocenters. The van der Waals surface area contributed by atoms with Crippen LogP contribution in [0.25, 0.3) is 22.0 Å². The molecule has 2 aromatic carbocycles. The van der Waals surface area contributed by atoms with Crippen LogP contribution in [0.1, 0.15) is 0 Å². The molecule has 0 saturated carbocycles. The molecule has 0 saturated heterocycles. The Kier molecular flexibility index (Phi) is 2.65. The van der Waals surface area contributed by atoms with Crippen LogP contribution in [0.3, 0.4) is 0 Å². The van der Waals surface area contributed by atoms with Gasteiger partial charge < -0.3 is 5.11 Å². The van der Waals surface area contributed by atoms with Gasteiger partial charge in [0.2, 0.25) is 0 Å². The molecule has 88 valence electrons. The maximum atomic E-state index is 9.53. The van der Waals surface area contributed by atoms with Crippen LogP contribution in [0.2, 0.25) is 5.02 Å². The average Bonchev–Trinajstić information content (AvgIpc) is 2.41. The van der Waals surface area contributed by atoms with Crippen molar-refractivity contribution in [3.8, 4) is 16.9 Å². The number of hydrogen-bond donors (Lipinski definition) is 1. The summed E-state index contributed by atoms with van der Waals surface area (Å²) < 4.78 is 0. The number of nitrogens with zero attached hydrogens (tertiary/aromatic N) is 1. The van der Waals surface area contributed by atoms with Crippen LogP contribution >= 0.6 is 11.6 Å². The minimum absolute atomic E-state index is 0.191. The molecule has 0 bridgehead atoms. The number of aromatic nitrogens is 1. The molecule has 0 amide bonds. The Morgan fingerprint density at radius 3 is 2.56 bits per heavy atom. The lowest BCUT2D eigenvalue weighted by molar-refractivity contribution is 0.476. The van der Waals surface area contributed by atoms with Crippen molar-refractivity contribution in [3.05, 3.63) is 59.8 Å². The van der Waals surface area contributed by atoms with E-state index in [1.807, 2.05) is 30.3 Å². The van der Waals surface area contributed by atoms with Crippen LogP contribution in [0.15, 0.2) is 54.7 Å². The van der Waals surface area contributed by atoms with Crippen molar-refractivity contribution in [3.63, 3.8) is 0 Å². The van der Waals surface area contributed by atoms with Gasteiger partial charge in [-0.3, -0.25) is 4.98 Å². The van der Waals surface area contributed by atoms with Crippen LogP contribution < -0.4 is 0 Å². The molecular weight excluding hydrogens is 246 g/mol. The highest BCUT2D eigenvalue weighted by molar-refractivity contribution is 6.38. The summed E-state index contributed by atoms with van der Waals surface area (Å²) in [6, 6.07) is 14.8. The van der Waals surface area contributed by atoms with Gasteiger partial charge in [0, 0.05) is 17.1 Å². The van der Waals surface area contributed by atoms with Crippen LogP contribution in [0.5, 0.6) is 5.75 Å². The van der Waals surface area contributed by atoms with E-state index in [1.54, 1.807) is 24.4 Å². The molecule has 3 rings (SSSR count). The van der Waals surface area contributed by atoms with E-state index >= 15 is 0 Å². The molecule has 0 unspecified atom stereocenters. The lowest BCUT2D eigenvalue weighted by Gasteiger charge is -2.07. The summed E-state index contributed by atoms with van der Waals surface area (Å²) in [7, 11) is 0. The number of phenolic OH excluding ortho intramolecular Hbond substituents is 1. The number of benzene rings is 2. The van der Waals surface area contributed by atoms with E-state index in [0.29, 0.717) is 5.02 Å². The van der Waals surface area contributed by atoms with Crippen LogP contribution in [0.4, 0.5) is 0 Å². The first kappa shape index (κ1) is 11.1. The van der Waals surface area contributed by atoms with E-state index in [9.17, 15) is 5.11 Å². The summed E-state index contributed by atoms with van der Waals surface area (Å²) in [4.78, 5) is 4.36. The highest BCUT2D eigenvalue weighted by Crippen LogP contribution is 2.34. The lowest BCUT2D eigenvalue weighted by Crippen LogP contribution is -1.85. The van der Waals surface area contributed by atoms with Crippen molar-refractivity contribution < 1.29 is 5.11 Å². The molecule has 1 heterocycles. The van der Waals surface area contributed by atoms with E-state index in [2.05, 4.69) is 4.98 Å². The molecule has 0 aliphatic rings. The highest BCUT2D eigenvalue weighted by atomic mass is 35.5. The fourth-order valence-electron chi connectivity index (χ4n) is 1.97. The van der Waals surface area contributed by atoms with Crippen molar-refractivity contribution in [2.75, 3.05) is 0 Å². The zero-order valence-electron chi connectivity index (χ0n) is 9.47. The molecule has 0 aliphatic carbocycles. The summed E-state index contributed by atoms with van der Waals surface area (Å²) in [5.41, 5.74) is 2.66. The predicted octanol–water partition coefficient (Wildman–Crippen LogP) is 4.26. The molecule has 3 heteroatoms. The Balaban J connectivity index is 2.29. The fourth-order valence-corrected chi connectivity index (χ4v) is 2.28. The Morgan fingerprint density at radius 1 is 1.00 bits per heavy atom.